The lowest BCUT2D eigenvalue weighted by Gasteiger charge is -2.26. The maximum atomic E-state index is 12.3. The van der Waals surface area contributed by atoms with E-state index >= 15 is 0 Å². The summed E-state index contributed by atoms with van der Waals surface area (Å²) in [6.07, 6.45) is 7.71. The molecule has 1 aliphatic heterocycles. The highest BCUT2D eigenvalue weighted by Crippen LogP contribution is 2.29. The fraction of sp³-hybridized carbons (Fsp3) is 0.294. The quantitative estimate of drug-likeness (QED) is 0.842. The summed E-state index contributed by atoms with van der Waals surface area (Å²) in [6.45, 7) is 1.22. The molecule has 0 bridgehead atoms. The minimum absolute atomic E-state index is 0.0854. The first-order chi connectivity index (χ1) is 11.2. The molecule has 2 aromatic rings. The molecule has 3 rings (SSSR count). The summed E-state index contributed by atoms with van der Waals surface area (Å²) in [5.74, 6) is 0.0918. The van der Waals surface area contributed by atoms with E-state index in [1.165, 1.54) is 0 Å². The largest absolute Gasteiger partial charge is 0.508 e. The highest BCUT2D eigenvalue weighted by molar-refractivity contribution is 6.02. The van der Waals surface area contributed by atoms with Crippen LogP contribution in [0.25, 0.3) is 5.57 Å². The molecule has 0 spiro atoms. The number of aliphatic hydroxyl groups is 1. The molecule has 6 heteroatoms. The van der Waals surface area contributed by atoms with Crippen LogP contribution in [0.4, 0.5) is 0 Å². The summed E-state index contributed by atoms with van der Waals surface area (Å²) < 4.78 is 1.96. The average molecular weight is 313 g/mol. The number of amides is 1. The number of aromatic hydroxyl groups is 1. The van der Waals surface area contributed by atoms with Crippen LogP contribution >= 0.6 is 0 Å². The van der Waals surface area contributed by atoms with E-state index in [-0.39, 0.29) is 24.3 Å². The third kappa shape index (κ3) is 3.27. The Hall–Kier alpha value is -2.60. The fourth-order valence-corrected chi connectivity index (χ4v) is 2.87. The Bertz CT molecular complexity index is 692. The van der Waals surface area contributed by atoms with Gasteiger partial charge in [0.25, 0.3) is 0 Å². The van der Waals surface area contributed by atoms with Crippen LogP contribution in [0.3, 0.4) is 0 Å². The van der Waals surface area contributed by atoms with Crippen molar-refractivity contribution in [3.63, 3.8) is 0 Å². The minimum atomic E-state index is -0.338. The van der Waals surface area contributed by atoms with E-state index in [1.54, 1.807) is 47.8 Å². The normalized spacial score (nSPS) is 17.6. The molecule has 1 atom stereocenters. The Morgan fingerprint density at radius 2 is 1.96 bits per heavy atom. The van der Waals surface area contributed by atoms with Gasteiger partial charge in [-0.1, -0.05) is 12.1 Å². The third-order valence-corrected chi connectivity index (χ3v) is 4.05. The van der Waals surface area contributed by atoms with E-state index in [2.05, 4.69) is 4.98 Å². The summed E-state index contributed by atoms with van der Waals surface area (Å²) in [7, 11) is 0. The second-order valence-corrected chi connectivity index (χ2v) is 5.53. The molecule has 1 aromatic heterocycles. The molecule has 0 aliphatic carbocycles. The van der Waals surface area contributed by atoms with Gasteiger partial charge in [-0.15, -0.1) is 0 Å². The minimum Gasteiger partial charge on any atom is -0.508 e. The van der Waals surface area contributed by atoms with Crippen LogP contribution in [-0.2, 0) is 11.3 Å². The summed E-state index contributed by atoms with van der Waals surface area (Å²) in [5.41, 5.74) is 1.63. The van der Waals surface area contributed by atoms with Gasteiger partial charge in [0.1, 0.15) is 5.75 Å². The standard InChI is InChI=1S/C17H19N3O3/c21-11-16-15(13-2-4-14(22)5-3-13)10-17(23)20(16)8-1-7-19-9-6-18-12-19/h2-6,9-10,12,16,21-22H,1,7-8,11H2. The lowest BCUT2D eigenvalue weighted by molar-refractivity contribution is -0.126. The van der Waals surface area contributed by atoms with Crippen molar-refractivity contribution in [3.05, 3.63) is 54.6 Å². The number of carbonyl (C=O) groups is 1. The lowest BCUT2D eigenvalue weighted by Crippen LogP contribution is -2.38. The molecule has 0 fully saturated rings. The first-order valence-electron chi connectivity index (χ1n) is 7.57. The zero-order valence-corrected chi connectivity index (χ0v) is 12.7. The first kappa shape index (κ1) is 15.3. The van der Waals surface area contributed by atoms with Gasteiger partial charge in [0.05, 0.1) is 19.0 Å². The van der Waals surface area contributed by atoms with Crippen molar-refractivity contribution in [3.8, 4) is 5.75 Å². The summed E-state index contributed by atoms with van der Waals surface area (Å²) in [5, 5.41) is 19.1. The third-order valence-electron chi connectivity index (χ3n) is 4.05. The van der Waals surface area contributed by atoms with E-state index < -0.39 is 0 Å². The van der Waals surface area contributed by atoms with Gasteiger partial charge in [-0.25, -0.2) is 4.98 Å². The van der Waals surface area contributed by atoms with Crippen molar-refractivity contribution in [2.24, 2.45) is 0 Å². The molecule has 0 radical (unpaired) electrons. The van der Waals surface area contributed by atoms with Crippen LogP contribution < -0.4 is 0 Å². The van der Waals surface area contributed by atoms with Crippen molar-refractivity contribution in [1.82, 2.24) is 14.5 Å². The number of nitrogens with zero attached hydrogens (tertiary/aromatic N) is 3. The van der Waals surface area contributed by atoms with Crippen molar-refractivity contribution in [2.75, 3.05) is 13.2 Å². The number of phenols is 1. The van der Waals surface area contributed by atoms with Gasteiger partial charge in [-0.05, 0) is 29.7 Å². The smallest absolute Gasteiger partial charge is 0.247 e. The molecule has 120 valence electrons. The van der Waals surface area contributed by atoms with Crippen LogP contribution in [0.15, 0.2) is 49.1 Å². The summed E-state index contributed by atoms with van der Waals surface area (Å²) >= 11 is 0. The van der Waals surface area contributed by atoms with E-state index in [9.17, 15) is 15.0 Å². The van der Waals surface area contributed by atoms with Gasteiger partial charge in [0.15, 0.2) is 0 Å². The Balaban J connectivity index is 1.68. The van der Waals surface area contributed by atoms with Gasteiger partial charge >= 0.3 is 0 Å². The molecule has 1 aliphatic rings. The lowest BCUT2D eigenvalue weighted by atomic mass is 10.0. The molecule has 2 N–H and O–H groups in total. The van der Waals surface area contributed by atoms with Crippen molar-refractivity contribution in [2.45, 2.75) is 19.0 Å². The molecule has 1 unspecified atom stereocenters. The molecular formula is C17H19N3O3. The highest BCUT2D eigenvalue weighted by Gasteiger charge is 2.32. The number of imidazole rings is 1. The van der Waals surface area contributed by atoms with Crippen LogP contribution in [-0.4, -0.2) is 49.8 Å². The Kier molecular flexibility index (Phi) is 4.43. The Morgan fingerprint density at radius 1 is 1.17 bits per heavy atom. The van der Waals surface area contributed by atoms with E-state index in [1.807, 2.05) is 10.8 Å². The Labute approximate surface area is 134 Å². The SMILES string of the molecule is O=C1C=C(c2ccc(O)cc2)C(CO)N1CCCn1ccnc1. The number of hydrogen-bond donors (Lipinski definition) is 2. The van der Waals surface area contributed by atoms with E-state index in [0.717, 1.165) is 24.1 Å². The van der Waals surface area contributed by atoms with E-state index in [4.69, 9.17) is 0 Å². The number of aromatic nitrogens is 2. The second-order valence-electron chi connectivity index (χ2n) is 5.53. The van der Waals surface area contributed by atoms with Gasteiger partial charge in [0.2, 0.25) is 5.91 Å². The molecule has 2 heterocycles. The zero-order valence-electron chi connectivity index (χ0n) is 12.7. The average Bonchev–Trinajstić information content (AvgIpc) is 3.17. The van der Waals surface area contributed by atoms with Crippen LogP contribution in [0.1, 0.15) is 12.0 Å². The van der Waals surface area contributed by atoms with Gasteiger partial charge in [-0.2, -0.15) is 0 Å². The fourth-order valence-electron chi connectivity index (χ4n) is 2.87. The predicted molar refractivity (Wildman–Crippen MR) is 85.5 cm³/mol. The number of phenolic OH excluding ortho intramolecular Hbond substituents is 1. The molecule has 23 heavy (non-hydrogen) atoms. The van der Waals surface area contributed by atoms with Crippen molar-refractivity contribution >= 4 is 11.5 Å². The molecule has 1 amide bonds. The Morgan fingerprint density at radius 3 is 2.61 bits per heavy atom. The maximum absolute atomic E-state index is 12.3. The van der Waals surface area contributed by atoms with E-state index in [0.29, 0.717) is 6.54 Å². The topological polar surface area (TPSA) is 78.6 Å². The van der Waals surface area contributed by atoms with Crippen LogP contribution in [0.2, 0.25) is 0 Å². The summed E-state index contributed by atoms with van der Waals surface area (Å²) in [4.78, 5) is 17.9. The molecule has 1 aromatic carbocycles. The number of aliphatic hydroxyl groups excluding tert-OH is 1. The van der Waals surface area contributed by atoms with Gasteiger partial charge < -0.3 is 19.7 Å². The molecular weight excluding hydrogens is 294 g/mol. The number of aryl methyl sites for hydroxylation is 1. The number of rotatable bonds is 6. The first-order valence-corrected chi connectivity index (χ1v) is 7.57. The molecule has 6 nitrogen and oxygen atoms in total. The van der Waals surface area contributed by atoms with Crippen molar-refractivity contribution < 1.29 is 15.0 Å². The number of carbonyl (C=O) groups excluding carboxylic acids is 1. The van der Waals surface area contributed by atoms with Gasteiger partial charge in [-0.3, -0.25) is 4.79 Å². The monoisotopic (exact) mass is 313 g/mol. The molecule has 0 saturated carbocycles. The second kappa shape index (κ2) is 6.66. The number of hydrogen-bond acceptors (Lipinski definition) is 4. The van der Waals surface area contributed by atoms with Gasteiger partial charge in [0, 0.05) is 31.6 Å². The zero-order chi connectivity index (χ0) is 16.2. The summed E-state index contributed by atoms with van der Waals surface area (Å²) in [6, 6.07) is 6.33. The number of benzene rings is 1. The van der Waals surface area contributed by atoms with Crippen molar-refractivity contribution in [1.29, 1.82) is 0 Å². The van der Waals surface area contributed by atoms with Crippen LogP contribution in [0.5, 0.6) is 5.75 Å². The molecule has 0 saturated heterocycles. The highest BCUT2D eigenvalue weighted by atomic mass is 16.3. The van der Waals surface area contributed by atoms with Crippen LogP contribution in [0, 0.1) is 0 Å². The maximum Gasteiger partial charge on any atom is 0.247 e. The predicted octanol–water partition coefficient (Wildman–Crippen LogP) is 1.27.